The Morgan fingerprint density at radius 3 is 2.17 bits per heavy atom. The van der Waals surface area contributed by atoms with E-state index in [1.807, 2.05) is 0 Å². The SMILES string of the molecule is CC(C)CN1C[C@@H](C)N[C@@H](C)C1. The van der Waals surface area contributed by atoms with E-state index >= 15 is 0 Å². The van der Waals surface area contributed by atoms with Gasteiger partial charge in [0.2, 0.25) is 0 Å². The zero-order valence-electron chi connectivity index (χ0n) is 8.80. The third kappa shape index (κ3) is 3.11. The van der Waals surface area contributed by atoms with Crippen LogP contribution in [0.15, 0.2) is 0 Å². The lowest BCUT2D eigenvalue weighted by atomic mass is 10.1. The van der Waals surface area contributed by atoms with Gasteiger partial charge in [-0.3, -0.25) is 0 Å². The number of hydrogen-bond donors (Lipinski definition) is 1. The van der Waals surface area contributed by atoms with Crippen molar-refractivity contribution in [3.05, 3.63) is 0 Å². The van der Waals surface area contributed by atoms with Crippen molar-refractivity contribution >= 4 is 0 Å². The highest BCUT2D eigenvalue weighted by Crippen LogP contribution is 2.06. The van der Waals surface area contributed by atoms with Crippen LogP contribution in [0.1, 0.15) is 27.7 Å². The van der Waals surface area contributed by atoms with E-state index in [1.54, 1.807) is 0 Å². The van der Waals surface area contributed by atoms with Crippen molar-refractivity contribution in [2.24, 2.45) is 5.92 Å². The summed E-state index contributed by atoms with van der Waals surface area (Å²) in [5.41, 5.74) is 0. The molecule has 1 N–H and O–H groups in total. The van der Waals surface area contributed by atoms with Crippen molar-refractivity contribution < 1.29 is 0 Å². The molecule has 1 saturated heterocycles. The molecule has 72 valence electrons. The van der Waals surface area contributed by atoms with Gasteiger partial charge in [-0.1, -0.05) is 13.8 Å². The standard InChI is InChI=1S/C10H22N2/c1-8(2)5-12-6-9(3)11-10(4)7-12/h8-11H,5-7H2,1-4H3/t9-,10+. The second kappa shape index (κ2) is 4.24. The highest BCUT2D eigenvalue weighted by atomic mass is 15.2. The van der Waals surface area contributed by atoms with E-state index < -0.39 is 0 Å². The van der Waals surface area contributed by atoms with Gasteiger partial charge >= 0.3 is 0 Å². The van der Waals surface area contributed by atoms with Crippen molar-refractivity contribution in [1.82, 2.24) is 10.2 Å². The molecule has 0 bridgehead atoms. The van der Waals surface area contributed by atoms with Crippen molar-refractivity contribution in [2.45, 2.75) is 39.8 Å². The van der Waals surface area contributed by atoms with Gasteiger partial charge in [0.1, 0.15) is 0 Å². The predicted octanol–water partition coefficient (Wildman–Crippen LogP) is 1.32. The summed E-state index contributed by atoms with van der Waals surface area (Å²) in [5.74, 6) is 0.794. The molecule has 0 aromatic heterocycles. The number of nitrogens with zero attached hydrogens (tertiary/aromatic N) is 1. The molecule has 2 atom stereocenters. The molecule has 2 nitrogen and oxygen atoms in total. The van der Waals surface area contributed by atoms with Crippen LogP contribution in [0.5, 0.6) is 0 Å². The lowest BCUT2D eigenvalue weighted by Crippen LogP contribution is -2.54. The number of piperazine rings is 1. The molecule has 2 heteroatoms. The average Bonchev–Trinajstić information content (AvgIpc) is 1.81. The Hall–Kier alpha value is -0.0800. The molecule has 0 radical (unpaired) electrons. The molecule has 0 saturated carbocycles. The van der Waals surface area contributed by atoms with Crippen LogP contribution in [0.25, 0.3) is 0 Å². The third-order valence-electron chi connectivity index (χ3n) is 2.26. The summed E-state index contributed by atoms with van der Waals surface area (Å²) in [6.07, 6.45) is 0. The number of hydrogen-bond acceptors (Lipinski definition) is 2. The Kier molecular flexibility index (Phi) is 3.53. The minimum Gasteiger partial charge on any atom is -0.309 e. The molecular weight excluding hydrogens is 148 g/mol. The molecule has 0 amide bonds. The second-order valence-electron chi connectivity index (χ2n) is 4.58. The molecular formula is C10H22N2. The molecule has 1 aliphatic rings. The maximum Gasteiger partial charge on any atom is 0.0169 e. The first-order valence-corrected chi connectivity index (χ1v) is 5.06. The monoisotopic (exact) mass is 170 g/mol. The summed E-state index contributed by atoms with van der Waals surface area (Å²) in [6.45, 7) is 12.8. The smallest absolute Gasteiger partial charge is 0.0169 e. The van der Waals surface area contributed by atoms with Gasteiger partial charge in [0.05, 0.1) is 0 Å². The highest BCUT2D eigenvalue weighted by Gasteiger charge is 2.20. The van der Waals surface area contributed by atoms with Gasteiger partial charge in [-0.05, 0) is 19.8 Å². The number of nitrogens with one attached hydrogen (secondary N) is 1. The Bertz CT molecular complexity index is 121. The zero-order chi connectivity index (χ0) is 9.14. The molecule has 0 unspecified atom stereocenters. The molecule has 12 heavy (non-hydrogen) atoms. The van der Waals surface area contributed by atoms with Crippen LogP contribution in [0, 0.1) is 5.92 Å². The lowest BCUT2D eigenvalue weighted by molar-refractivity contribution is 0.158. The average molecular weight is 170 g/mol. The molecule has 0 aromatic carbocycles. The normalized spacial score (nSPS) is 32.8. The fourth-order valence-electron chi connectivity index (χ4n) is 2.11. The Balaban J connectivity index is 2.34. The minimum atomic E-state index is 0.660. The van der Waals surface area contributed by atoms with Crippen LogP contribution in [0.4, 0.5) is 0 Å². The topological polar surface area (TPSA) is 15.3 Å². The molecule has 1 fully saturated rings. The van der Waals surface area contributed by atoms with Crippen LogP contribution in [-0.4, -0.2) is 36.6 Å². The van der Waals surface area contributed by atoms with Gasteiger partial charge in [-0.15, -0.1) is 0 Å². The minimum absolute atomic E-state index is 0.660. The quantitative estimate of drug-likeness (QED) is 0.672. The summed E-state index contributed by atoms with van der Waals surface area (Å²) >= 11 is 0. The van der Waals surface area contributed by atoms with E-state index in [4.69, 9.17) is 0 Å². The highest BCUT2D eigenvalue weighted by molar-refractivity contribution is 4.80. The third-order valence-corrected chi connectivity index (χ3v) is 2.26. The van der Waals surface area contributed by atoms with Crippen LogP contribution >= 0.6 is 0 Å². The van der Waals surface area contributed by atoms with Crippen molar-refractivity contribution in [3.63, 3.8) is 0 Å². The van der Waals surface area contributed by atoms with Crippen LogP contribution in [0.2, 0.25) is 0 Å². The van der Waals surface area contributed by atoms with E-state index in [0.29, 0.717) is 12.1 Å². The van der Waals surface area contributed by atoms with Gasteiger partial charge in [-0.2, -0.15) is 0 Å². The van der Waals surface area contributed by atoms with Gasteiger partial charge in [0.15, 0.2) is 0 Å². The summed E-state index contributed by atoms with van der Waals surface area (Å²) < 4.78 is 0. The first-order valence-electron chi connectivity index (χ1n) is 5.06. The second-order valence-corrected chi connectivity index (χ2v) is 4.58. The molecule has 0 aromatic rings. The van der Waals surface area contributed by atoms with Crippen LogP contribution in [-0.2, 0) is 0 Å². The van der Waals surface area contributed by atoms with Crippen molar-refractivity contribution in [2.75, 3.05) is 19.6 Å². The Labute approximate surface area is 76.3 Å². The van der Waals surface area contributed by atoms with Crippen LogP contribution < -0.4 is 5.32 Å². The van der Waals surface area contributed by atoms with Gasteiger partial charge in [-0.25, -0.2) is 0 Å². The van der Waals surface area contributed by atoms with Gasteiger partial charge in [0, 0.05) is 31.7 Å². The van der Waals surface area contributed by atoms with E-state index in [-0.39, 0.29) is 0 Å². The molecule has 1 heterocycles. The van der Waals surface area contributed by atoms with Crippen LogP contribution in [0.3, 0.4) is 0 Å². The van der Waals surface area contributed by atoms with Crippen molar-refractivity contribution in [3.8, 4) is 0 Å². The maximum atomic E-state index is 3.54. The van der Waals surface area contributed by atoms with Gasteiger partial charge < -0.3 is 10.2 Å². The molecule has 1 rings (SSSR count). The van der Waals surface area contributed by atoms with E-state index in [1.165, 1.54) is 19.6 Å². The maximum absolute atomic E-state index is 3.54. The van der Waals surface area contributed by atoms with E-state index in [2.05, 4.69) is 37.9 Å². The summed E-state index contributed by atoms with van der Waals surface area (Å²) in [6, 6.07) is 1.32. The summed E-state index contributed by atoms with van der Waals surface area (Å²) in [5, 5.41) is 3.54. The predicted molar refractivity (Wildman–Crippen MR) is 53.3 cm³/mol. The number of rotatable bonds is 2. The fraction of sp³-hybridized carbons (Fsp3) is 1.00. The fourth-order valence-corrected chi connectivity index (χ4v) is 2.11. The van der Waals surface area contributed by atoms with E-state index in [9.17, 15) is 0 Å². The summed E-state index contributed by atoms with van der Waals surface area (Å²) in [7, 11) is 0. The molecule has 0 aliphatic carbocycles. The van der Waals surface area contributed by atoms with Gasteiger partial charge in [0.25, 0.3) is 0 Å². The Morgan fingerprint density at radius 1 is 1.25 bits per heavy atom. The zero-order valence-corrected chi connectivity index (χ0v) is 8.80. The Morgan fingerprint density at radius 2 is 1.75 bits per heavy atom. The van der Waals surface area contributed by atoms with E-state index in [0.717, 1.165) is 5.92 Å². The molecule has 0 spiro atoms. The molecule has 1 aliphatic heterocycles. The first-order chi connectivity index (χ1) is 5.58. The van der Waals surface area contributed by atoms with Crippen molar-refractivity contribution in [1.29, 1.82) is 0 Å². The summed E-state index contributed by atoms with van der Waals surface area (Å²) in [4.78, 5) is 2.57. The largest absolute Gasteiger partial charge is 0.309 e. The first kappa shape index (κ1) is 10.0. The lowest BCUT2D eigenvalue weighted by Gasteiger charge is -2.36.